The molecule has 1 aromatic rings. The largest absolute Gasteiger partial charge is 0.495 e. The predicted octanol–water partition coefficient (Wildman–Crippen LogP) is 1.51. The van der Waals surface area contributed by atoms with Gasteiger partial charge in [-0.15, -0.1) is 0 Å². The molecule has 0 aliphatic carbocycles. The summed E-state index contributed by atoms with van der Waals surface area (Å²) in [7, 11) is 1.49. The lowest BCUT2D eigenvalue weighted by atomic mass is 10.2. The number of benzene rings is 1. The van der Waals surface area contributed by atoms with Gasteiger partial charge in [0, 0.05) is 4.47 Å². The number of methoxy groups -OCH3 is 1. The highest BCUT2D eigenvalue weighted by Crippen LogP contribution is 2.32. The Hall–Kier alpha value is -1.56. The number of amides is 3. The highest BCUT2D eigenvalue weighted by Gasteiger charge is 2.32. The van der Waals surface area contributed by atoms with Crippen LogP contribution in [0.25, 0.3) is 0 Å². The number of ether oxygens (including phenoxy) is 1. The molecule has 0 bridgehead atoms. The van der Waals surface area contributed by atoms with Crippen molar-refractivity contribution in [3.05, 3.63) is 22.7 Å². The minimum absolute atomic E-state index is 0.0223. The third-order valence-corrected chi connectivity index (χ3v) is 2.72. The standard InChI is InChI=1S/C10H9BrN2O3/c1-16-8-3-2-6(11)4-7(8)13-9(14)5-12-10(13)15/h2-4H,5H2,1H3,(H,12,15). The Labute approximate surface area is 100 Å². The first-order valence-corrected chi connectivity index (χ1v) is 5.37. The Bertz CT molecular complexity index is 445. The zero-order valence-electron chi connectivity index (χ0n) is 8.49. The van der Waals surface area contributed by atoms with Crippen LogP contribution in [0.5, 0.6) is 5.75 Å². The Balaban J connectivity index is 2.49. The van der Waals surface area contributed by atoms with Gasteiger partial charge in [0.15, 0.2) is 0 Å². The number of nitrogens with zero attached hydrogens (tertiary/aromatic N) is 1. The molecule has 5 nitrogen and oxygen atoms in total. The van der Waals surface area contributed by atoms with Crippen LogP contribution in [-0.2, 0) is 4.79 Å². The molecule has 1 heterocycles. The molecule has 84 valence electrons. The van der Waals surface area contributed by atoms with Crippen molar-refractivity contribution in [3.8, 4) is 5.75 Å². The molecule has 1 N–H and O–H groups in total. The predicted molar refractivity (Wildman–Crippen MR) is 61.6 cm³/mol. The maximum atomic E-state index is 11.5. The van der Waals surface area contributed by atoms with E-state index >= 15 is 0 Å². The number of halogens is 1. The van der Waals surface area contributed by atoms with Crippen molar-refractivity contribution in [1.82, 2.24) is 5.32 Å². The van der Waals surface area contributed by atoms with Gasteiger partial charge in [0.25, 0.3) is 5.91 Å². The van der Waals surface area contributed by atoms with Gasteiger partial charge < -0.3 is 10.1 Å². The van der Waals surface area contributed by atoms with Crippen molar-refractivity contribution in [1.29, 1.82) is 0 Å². The summed E-state index contributed by atoms with van der Waals surface area (Å²) < 4.78 is 5.89. The van der Waals surface area contributed by atoms with Gasteiger partial charge in [0.2, 0.25) is 0 Å². The van der Waals surface area contributed by atoms with E-state index in [0.29, 0.717) is 11.4 Å². The third-order valence-electron chi connectivity index (χ3n) is 2.23. The van der Waals surface area contributed by atoms with Gasteiger partial charge in [-0.3, -0.25) is 4.79 Å². The minimum atomic E-state index is -0.429. The number of carbonyl (C=O) groups is 2. The van der Waals surface area contributed by atoms with E-state index in [1.54, 1.807) is 18.2 Å². The van der Waals surface area contributed by atoms with E-state index in [1.165, 1.54) is 7.11 Å². The molecule has 3 amide bonds. The van der Waals surface area contributed by atoms with Crippen molar-refractivity contribution in [3.63, 3.8) is 0 Å². The summed E-state index contributed by atoms with van der Waals surface area (Å²) >= 11 is 3.29. The number of urea groups is 1. The Kier molecular flexibility index (Phi) is 2.82. The van der Waals surface area contributed by atoms with E-state index in [1.807, 2.05) is 0 Å². The molecule has 0 saturated carbocycles. The molecule has 2 rings (SSSR count). The number of hydrogen-bond acceptors (Lipinski definition) is 3. The fourth-order valence-electron chi connectivity index (χ4n) is 1.50. The van der Waals surface area contributed by atoms with E-state index in [-0.39, 0.29) is 12.5 Å². The first-order valence-electron chi connectivity index (χ1n) is 4.58. The van der Waals surface area contributed by atoms with Gasteiger partial charge in [-0.25, -0.2) is 9.69 Å². The molecule has 0 unspecified atom stereocenters. The molecular weight excluding hydrogens is 276 g/mol. The fraction of sp³-hybridized carbons (Fsp3) is 0.200. The van der Waals surface area contributed by atoms with Crippen LogP contribution in [0.4, 0.5) is 10.5 Å². The van der Waals surface area contributed by atoms with Gasteiger partial charge in [-0.1, -0.05) is 15.9 Å². The number of anilines is 1. The molecule has 0 spiro atoms. The maximum absolute atomic E-state index is 11.5. The van der Waals surface area contributed by atoms with Crippen molar-refractivity contribution >= 4 is 33.6 Å². The molecule has 0 radical (unpaired) electrons. The summed E-state index contributed by atoms with van der Waals surface area (Å²) in [6.07, 6.45) is 0. The average Bonchev–Trinajstić information content (AvgIpc) is 2.58. The van der Waals surface area contributed by atoms with Gasteiger partial charge in [-0.2, -0.15) is 0 Å². The molecule has 1 aliphatic heterocycles. The summed E-state index contributed by atoms with van der Waals surface area (Å²) in [5.74, 6) is 0.190. The summed E-state index contributed by atoms with van der Waals surface area (Å²) in [5, 5.41) is 2.46. The summed E-state index contributed by atoms with van der Waals surface area (Å²) in [6.45, 7) is 0.0223. The third kappa shape index (κ3) is 1.76. The number of rotatable bonds is 2. The van der Waals surface area contributed by atoms with Crippen molar-refractivity contribution < 1.29 is 14.3 Å². The van der Waals surface area contributed by atoms with Crippen LogP contribution < -0.4 is 15.0 Å². The first-order chi connectivity index (χ1) is 7.63. The lowest BCUT2D eigenvalue weighted by molar-refractivity contribution is -0.115. The van der Waals surface area contributed by atoms with Gasteiger partial charge in [0.05, 0.1) is 19.3 Å². The van der Waals surface area contributed by atoms with Crippen molar-refractivity contribution in [2.45, 2.75) is 0 Å². The van der Waals surface area contributed by atoms with E-state index in [9.17, 15) is 9.59 Å². The fourth-order valence-corrected chi connectivity index (χ4v) is 1.85. The normalized spacial score (nSPS) is 15.2. The number of nitrogens with one attached hydrogen (secondary N) is 1. The highest BCUT2D eigenvalue weighted by molar-refractivity contribution is 9.10. The first kappa shape index (κ1) is 10.9. The van der Waals surface area contributed by atoms with E-state index in [0.717, 1.165) is 9.37 Å². The van der Waals surface area contributed by atoms with Crippen LogP contribution >= 0.6 is 15.9 Å². The highest BCUT2D eigenvalue weighted by atomic mass is 79.9. The summed E-state index contributed by atoms with van der Waals surface area (Å²) in [6, 6.07) is 4.71. The van der Waals surface area contributed by atoms with Crippen molar-refractivity contribution in [2.24, 2.45) is 0 Å². The van der Waals surface area contributed by atoms with Gasteiger partial charge >= 0.3 is 6.03 Å². The van der Waals surface area contributed by atoms with Crippen LogP contribution in [0, 0.1) is 0 Å². The Morgan fingerprint density at radius 1 is 1.44 bits per heavy atom. The lowest BCUT2D eigenvalue weighted by Crippen LogP contribution is -2.31. The summed E-state index contributed by atoms with van der Waals surface area (Å²) in [4.78, 5) is 24.1. The van der Waals surface area contributed by atoms with E-state index < -0.39 is 6.03 Å². The van der Waals surface area contributed by atoms with Crippen molar-refractivity contribution in [2.75, 3.05) is 18.6 Å². The molecule has 1 fully saturated rings. The van der Waals surface area contributed by atoms with Crippen LogP contribution in [0.15, 0.2) is 22.7 Å². The van der Waals surface area contributed by atoms with Crippen LogP contribution in [0.2, 0.25) is 0 Å². The minimum Gasteiger partial charge on any atom is -0.495 e. The Morgan fingerprint density at radius 2 is 2.19 bits per heavy atom. The molecular formula is C10H9BrN2O3. The topological polar surface area (TPSA) is 58.6 Å². The Morgan fingerprint density at radius 3 is 2.75 bits per heavy atom. The zero-order valence-corrected chi connectivity index (χ0v) is 10.1. The monoisotopic (exact) mass is 284 g/mol. The summed E-state index contributed by atoms with van der Waals surface area (Å²) in [5.41, 5.74) is 0.442. The molecule has 0 aromatic heterocycles. The average molecular weight is 285 g/mol. The SMILES string of the molecule is COc1ccc(Br)cc1N1C(=O)CNC1=O. The second kappa shape index (κ2) is 4.13. The molecule has 1 aliphatic rings. The maximum Gasteiger partial charge on any atom is 0.329 e. The molecule has 6 heteroatoms. The second-order valence-corrected chi connectivity index (χ2v) is 4.12. The van der Waals surface area contributed by atoms with Crippen LogP contribution in [0.1, 0.15) is 0 Å². The zero-order chi connectivity index (χ0) is 11.7. The number of imide groups is 1. The lowest BCUT2D eigenvalue weighted by Gasteiger charge is -2.16. The van der Waals surface area contributed by atoms with Crippen LogP contribution in [0.3, 0.4) is 0 Å². The van der Waals surface area contributed by atoms with Gasteiger partial charge in [0.1, 0.15) is 5.75 Å². The van der Waals surface area contributed by atoms with E-state index in [2.05, 4.69) is 21.2 Å². The molecule has 1 aromatic carbocycles. The molecule has 0 atom stereocenters. The van der Waals surface area contributed by atoms with Crippen LogP contribution in [-0.4, -0.2) is 25.6 Å². The second-order valence-electron chi connectivity index (χ2n) is 3.20. The van der Waals surface area contributed by atoms with Gasteiger partial charge in [-0.05, 0) is 18.2 Å². The number of carbonyl (C=O) groups excluding carboxylic acids is 2. The smallest absolute Gasteiger partial charge is 0.329 e. The molecule has 1 saturated heterocycles. The number of hydrogen-bond donors (Lipinski definition) is 1. The van der Waals surface area contributed by atoms with E-state index in [4.69, 9.17) is 4.74 Å². The quantitative estimate of drug-likeness (QED) is 0.838. The molecule has 16 heavy (non-hydrogen) atoms.